The Balaban J connectivity index is 2.41. The summed E-state index contributed by atoms with van der Waals surface area (Å²) in [6, 6.07) is 8.38. The Morgan fingerprint density at radius 3 is 2.62 bits per heavy atom. The average molecular weight is 289 g/mol. The van der Waals surface area contributed by atoms with Crippen molar-refractivity contribution in [3.8, 4) is 0 Å². The molecule has 0 unspecified atom stereocenters. The molecule has 0 amide bonds. The van der Waals surface area contributed by atoms with Crippen LogP contribution >= 0.6 is 22.6 Å². The van der Waals surface area contributed by atoms with Crippen LogP contribution in [0.2, 0.25) is 0 Å². The summed E-state index contributed by atoms with van der Waals surface area (Å²) in [6.45, 7) is 5.56. The summed E-state index contributed by atoms with van der Waals surface area (Å²) in [5.41, 5.74) is 1.25. The van der Waals surface area contributed by atoms with Crippen LogP contribution in [0.15, 0.2) is 24.3 Å². The maximum atomic E-state index is 3.44. The molecule has 0 bridgehead atoms. The molecule has 1 aromatic rings. The first kappa shape index (κ1) is 10.8. The topological polar surface area (TPSA) is 12.0 Å². The van der Waals surface area contributed by atoms with E-state index in [9.17, 15) is 0 Å². The highest BCUT2D eigenvalue weighted by atomic mass is 127. The van der Waals surface area contributed by atoms with Gasteiger partial charge in [0.2, 0.25) is 0 Å². The molecule has 1 aromatic carbocycles. The summed E-state index contributed by atoms with van der Waals surface area (Å²) in [5, 5.41) is 3.44. The number of nitrogens with one attached hydrogen (secondary N) is 1. The summed E-state index contributed by atoms with van der Waals surface area (Å²) >= 11 is 2.35. The highest BCUT2D eigenvalue weighted by Gasteiger charge is 1.97. The Labute approximate surface area is 94.1 Å². The molecule has 13 heavy (non-hydrogen) atoms. The Hall–Kier alpha value is -0.250. The van der Waals surface area contributed by atoms with Gasteiger partial charge in [0.05, 0.1) is 0 Å². The number of hydrogen-bond acceptors (Lipinski definition) is 1. The quantitative estimate of drug-likeness (QED) is 0.832. The second-order valence-corrected chi connectivity index (χ2v) is 4.75. The molecule has 72 valence electrons. The third kappa shape index (κ3) is 3.98. The Kier molecular flexibility index (Phi) is 4.56. The van der Waals surface area contributed by atoms with Gasteiger partial charge in [-0.15, -0.1) is 0 Å². The molecule has 2 heteroatoms. The van der Waals surface area contributed by atoms with Crippen LogP contribution in [0.5, 0.6) is 0 Å². The van der Waals surface area contributed by atoms with Crippen molar-refractivity contribution in [2.75, 3.05) is 11.9 Å². The lowest BCUT2D eigenvalue weighted by Gasteiger charge is -2.09. The third-order valence-electron chi connectivity index (χ3n) is 1.91. The molecule has 0 saturated carbocycles. The van der Waals surface area contributed by atoms with Crippen LogP contribution < -0.4 is 5.32 Å². The fourth-order valence-electron chi connectivity index (χ4n) is 1.10. The highest BCUT2D eigenvalue weighted by Crippen LogP contribution is 2.16. The molecular formula is C11H16IN. The van der Waals surface area contributed by atoms with E-state index in [1.54, 1.807) is 0 Å². The highest BCUT2D eigenvalue weighted by molar-refractivity contribution is 14.1. The van der Waals surface area contributed by atoms with Crippen LogP contribution in [0.25, 0.3) is 0 Å². The molecule has 1 rings (SSSR count). The van der Waals surface area contributed by atoms with E-state index in [-0.39, 0.29) is 0 Å². The van der Waals surface area contributed by atoms with E-state index in [2.05, 4.69) is 66.0 Å². The van der Waals surface area contributed by atoms with Gasteiger partial charge in [0.25, 0.3) is 0 Å². The van der Waals surface area contributed by atoms with Crippen LogP contribution in [0.3, 0.4) is 0 Å². The zero-order valence-corrected chi connectivity index (χ0v) is 10.3. The molecule has 0 aliphatic heterocycles. The van der Waals surface area contributed by atoms with Gasteiger partial charge < -0.3 is 5.32 Å². The fourth-order valence-corrected chi connectivity index (χ4v) is 1.68. The molecule has 1 nitrogen and oxygen atoms in total. The number of hydrogen-bond donors (Lipinski definition) is 1. The van der Waals surface area contributed by atoms with E-state index in [1.165, 1.54) is 15.7 Å². The largest absolute Gasteiger partial charge is 0.384 e. The van der Waals surface area contributed by atoms with Gasteiger partial charge in [-0.1, -0.05) is 26.0 Å². The van der Waals surface area contributed by atoms with Crippen LogP contribution in [0.1, 0.15) is 20.3 Å². The Bertz CT molecular complexity index is 258. The van der Waals surface area contributed by atoms with Gasteiger partial charge in [-0.2, -0.15) is 0 Å². The van der Waals surface area contributed by atoms with E-state index in [0.29, 0.717) is 0 Å². The molecule has 0 heterocycles. The minimum absolute atomic E-state index is 0.772. The van der Waals surface area contributed by atoms with Crippen molar-refractivity contribution in [1.29, 1.82) is 0 Å². The van der Waals surface area contributed by atoms with Gasteiger partial charge in [-0.25, -0.2) is 0 Å². The predicted molar refractivity (Wildman–Crippen MR) is 67.1 cm³/mol. The summed E-state index contributed by atoms with van der Waals surface area (Å²) in [7, 11) is 0. The van der Waals surface area contributed by atoms with E-state index in [4.69, 9.17) is 0 Å². The third-order valence-corrected chi connectivity index (χ3v) is 2.85. The summed E-state index contributed by atoms with van der Waals surface area (Å²) in [5.74, 6) is 0.772. The number of benzene rings is 1. The second kappa shape index (κ2) is 5.47. The molecule has 0 saturated heterocycles. The normalized spacial score (nSPS) is 10.5. The standard InChI is InChI=1S/C11H16IN/c1-9(2)7-8-13-11-6-4-3-5-10(11)12/h3-6,9,13H,7-8H2,1-2H3. The molecule has 0 spiro atoms. The SMILES string of the molecule is CC(C)CCNc1ccccc1I. The number of para-hydroxylation sites is 1. The van der Waals surface area contributed by atoms with E-state index in [1.807, 2.05) is 0 Å². The van der Waals surface area contributed by atoms with E-state index >= 15 is 0 Å². The Morgan fingerprint density at radius 2 is 2.00 bits per heavy atom. The molecule has 0 aliphatic carbocycles. The smallest absolute Gasteiger partial charge is 0.0475 e. The van der Waals surface area contributed by atoms with E-state index in [0.717, 1.165) is 12.5 Å². The summed E-state index contributed by atoms with van der Waals surface area (Å²) in [6.07, 6.45) is 1.23. The van der Waals surface area contributed by atoms with Gasteiger partial charge in [0.1, 0.15) is 0 Å². The lowest BCUT2D eigenvalue weighted by atomic mass is 10.1. The number of anilines is 1. The minimum Gasteiger partial charge on any atom is -0.384 e. The zero-order chi connectivity index (χ0) is 9.68. The van der Waals surface area contributed by atoms with E-state index < -0.39 is 0 Å². The van der Waals surface area contributed by atoms with Gasteiger partial charge in [-0.3, -0.25) is 0 Å². The van der Waals surface area contributed by atoms with Crippen LogP contribution in [-0.4, -0.2) is 6.54 Å². The van der Waals surface area contributed by atoms with Crippen molar-refractivity contribution in [3.63, 3.8) is 0 Å². The van der Waals surface area contributed by atoms with Crippen LogP contribution in [0, 0.1) is 9.49 Å². The molecular weight excluding hydrogens is 273 g/mol. The first-order chi connectivity index (χ1) is 6.20. The molecule has 0 radical (unpaired) electrons. The molecule has 0 atom stereocenters. The van der Waals surface area contributed by atoms with Crippen LogP contribution in [0.4, 0.5) is 5.69 Å². The second-order valence-electron chi connectivity index (χ2n) is 3.59. The van der Waals surface area contributed by atoms with Gasteiger partial charge in [0.15, 0.2) is 0 Å². The predicted octanol–water partition coefficient (Wildman–Crippen LogP) is 3.75. The number of halogens is 1. The molecule has 1 N–H and O–H groups in total. The van der Waals surface area contributed by atoms with Crippen molar-refractivity contribution >= 4 is 28.3 Å². The van der Waals surface area contributed by atoms with Crippen molar-refractivity contribution in [2.24, 2.45) is 5.92 Å². The lowest BCUT2D eigenvalue weighted by Crippen LogP contribution is -2.05. The average Bonchev–Trinajstić information content (AvgIpc) is 2.08. The van der Waals surface area contributed by atoms with Crippen molar-refractivity contribution in [2.45, 2.75) is 20.3 Å². The van der Waals surface area contributed by atoms with Crippen molar-refractivity contribution in [1.82, 2.24) is 0 Å². The van der Waals surface area contributed by atoms with Crippen molar-refractivity contribution < 1.29 is 0 Å². The lowest BCUT2D eigenvalue weighted by molar-refractivity contribution is 0.607. The Morgan fingerprint density at radius 1 is 1.31 bits per heavy atom. The molecule has 0 aromatic heterocycles. The monoisotopic (exact) mass is 289 g/mol. The maximum Gasteiger partial charge on any atom is 0.0475 e. The van der Waals surface area contributed by atoms with Crippen molar-refractivity contribution in [3.05, 3.63) is 27.8 Å². The molecule has 0 fully saturated rings. The molecule has 0 aliphatic rings. The maximum absolute atomic E-state index is 3.44. The minimum atomic E-state index is 0.772. The summed E-state index contributed by atoms with van der Waals surface area (Å²) < 4.78 is 1.30. The van der Waals surface area contributed by atoms with Crippen LogP contribution in [-0.2, 0) is 0 Å². The summed E-state index contributed by atoms with van der Waals surface area (Å²) in [4.78, 5) is 0. The van der Waals surface area contributed by atoms with Gasteiger partial charge >= 0.3 is 0 Å². The van der Waals surface area contributed by atoms with Gasteiger partial charge in [-0.05, 0) is 47.1 Å². The van der Waals surface area contributed by atoms with Gasteiger partial charge in [0, 0.05) is 15.8 Å². The fraction of sp³-hybridized carbons (Fsp3) is 0.455. The zero-order valence-electron chi connectivity index (χ0n) is 8.18. The first-order valence-corrected chi connectivity index (χ1v) is 5.76. The number of rotatable bonds is 4. The first-order valence-electron chi connectivity index (χ1n) is 4.68.